The number of carbonyl (C=O) groups is 1. The van der Waals surface area contributed by atoms with Crippen LogP contribution in [0.5, 0.6) is 0 Å². The second-order valence-electron chi connectivity index (χ2n) is 6.38. The largest absolute Gasteiger partial charge is 0.430 e. The smallest absolute Gasteiger partial charge is 0.369 e. The minimum absolute atomic E-state index is 0.174. The van der Waals surface area contributed by atoms with Crippen LogP contribution in [0, 0.1) is 5.82 Å². The van der Waals surface area contributed by atoms with Gasteiger partial charge in [0.15, 0.2) is 0 Å². The van der Waals surface area contributed by atoms with Gasteiger partial charge in [0, 0.05) is 16.5 Å². The highest BCUT2D eigenvalue weighted by atomic mass is 19.4. The third-order valence-electron chi connectivity index (χ3n) is 4.46. The highest BCUT2D eigenvalue weighted by Gasteiger charge is 2.72. The summed E-state index contributed by atoms with van der Waals surface area (Å²) in [6.45, 7) is 0. The maximum Gasteiger partial charge on any atom is 0.430 e. The van der Waals surface area contributed by atoms with Gasteiger partial charge in [-0.3, -0.25) is 4.79 Å². The zero-order valence-corrected chi connectivity index (χ0v) is 14.8. The zero-order chi connectivity index (χ0) is 22.3. The molecule has 0 unspecified atom stereocenters. The third kappa shape index (κ3) is 3.58. The molecule has 0 aliphatic rings. The van der Waals surface area contributed by atoms with Crippen molar-refractivity contribution in [2.75, 3.05) is 5.32 Å². The van der Waals surface area contributed by atoms with Crippen LogP contribution in [0.2, 0.25) is 0 Å². The van der Waals surface area contributed by atoms with Crippen molar-refractivity contribution in [3.63, 3.8) is 0 Å². The molecule has 3 aromatic carbocycles. The molecule has 1 amide bonds. The van der Waals surface area contributed by atoms with Crippen LogP contribution in [0.15, 0.2) is 60.7 Å². The lowest BCUT2D eigenvalue weighted by Crippen LogP contribution is -2.54. The first kappa shape index (κ1) is 21.6. The van der Waals surface area contributed by atoms with E-state index in [-0.39, 0.29) is 16.3 Å². The summed E-state index contributed by atoms with van der Waals surface area (Å²) in [5.74, 6) is -1.98. The molecule has 10 heteroatoms. The highest BCUT2D eigenvalue weighted by molar-refractivity contribution is 6.10. The lowest BCUT2D eigenvalue weighted by Gasteiger charge is -2.34. The molecule has 0 bridgehead atoms. The third-order valence-corrected chi connectivity index (χ3v) is 4.46. The molecule has 0 fully saturated rings. The molecule has 3 nitrogen and oxygen atoms in total. The molecule has 0 aromatic heterocycles. The van der Waals surface area contributed by atoms with Crippen LogP contribution >= 0.6 is 0 Å². The fraction of sp³-hybridized carbons (Fsp3) is 0.150. The summed E-state index contributed by atoms with van der Waals surface area (Å²) < 4.78 is 94.1. The van der Waals surface area contributed by atoms with E-state index in [9.17, 15) is 40.6 Å². The summed E-state index contributed by atoms with van der Waals surface area (Å²) in [6.07, 6.45) is -12.3. The van der Waals surface area contributed by atoms with E-state index in [4.69, 9.17) is 0 Å². The fourth-order valence-electron chi connectivity index (χ4n) is 2.99. The van der Waals surface area contributed by atoms with Crippen LogP contribution in [0.4, 0.5) is 36.4 Å². The molecule has 0 aliphatic carbocycles. The Labute approximate surface area is 164 Å². The molecule has 0 saturated heterocycles. The molecule has 0 atom stereocenters. The maximum absolute atomic E-state index is 13.4. The average Bonchev–Trinajstić information content (AvgIpc) is 2.66. The van der Waals surface area contributed by atoms with E-state index in [0.717, 1.165) is 30.3 Å². The Bertz CT molecular complexity index is 1090. The predicted molar refractivity (Wildman–Crippen MR) is 94.3 cm³/mol. The van der Waals surface area contributed by atoms with Crippen molar-refractivity contribution in [2.45, 2.75) is 18.0 Å². The van der Waals surface area contributed by atoms with E-state index < -0.39 is 40.9 Å². The van der Waals surface area contributed by atoms with Gasteiger partial charge in [0.2, 0.25) is 0 Å². The summed E-state index contributed by atoms with van der Waals surface area (Å²) in [7, 11) is 0. The van der Waals surface area contributed by atoms with Crippen LogP contribution in [-0.4, -0.2) is 23.4 Å². The van der Waals surface area contributed by atoms with E-state index in [0.29, 0.717) is 6.07 Å². The fourth-order valence-corrected chi connectivity index (χ4v) is 2.99. The molecule has 0 radical (unpaired) electrons. The van der Waals surface area contributed by atoms with Crippen LogP contribution in [0.25, 0.3) is 10.8 Å². The topological polar surface area (TPSA) is 49.3 Å². The molecule has 0 aliphatic heterocycles. The quantitative estimate of drug-likeness (QED) is 0.535. The number of fused-ring (bicyclic) bond motifs is 1. The first-order chi connectivity index (χ1) is 13.9. The van der Waals surface area contributed by atoms with Crippen molar-refractivity contribution in [1.82, 2.24) is 0 Å². The van der Waals surface area contributed by atoms with Crippen molar-refractivity contribution in [2.24, 2.45) is 0 Å². The van der Waals surface area contributed by atoms with Gasteiger partial charge in [-0.15, -0.1) is 0 Å². The summed E-state index contributed by atoms with van der Waals surface area (Å²) in [5.41, 5.74) is -8.09. The lowest BCUT2D eigenvalue weighted by molar-refractivity contribution is -0.375. The van der Waals surface area contributed by atoms with Crippen molar-refractivity contribution in [3.8, 4) is 0 Å². The van der Waals surface area contributed by atoms with Gasteiger partial charge < -0.3 is 10.4 Å². The van der Waals surface area contributed by atoms with Gasteiger partial charge in [0.25, 0.3) is 11.5 Å². The summed E-state index contributed by atoms with van der Waals surface area (Å²) in [4.78, 5) is 12.5. The molecular formula is C20H12F7NO2. The normalized spacial score (nSPS) is 12.8. The molecular weight excluding hydrogens is 419 g/mol. The number of carbonyl (C=O) groups excluding carboxylic acids is 1. The minimum atomic E-state index is -6.15. The van der Waals surface area contributed by atoms with Crippen LogP contribution in [0.3, 0.4) is 0 Å². The molecule has 0 heterocycles. The van der Waals surface area contributed by atoms with Crippen molar-refractivity contribution < 1.29 is 40.6 Å². The summed E-state index contributed by atoms with van der Waals surface area (Å²) in [6, 6.07) is 10.9. The van der Waals surface area contributed by atoms with E-state index in [2.05, 4.69) is 0 Å². The first-order valence-electron chi connectivity index (χ1n) is 8.31. The van der Waals surface area contributed by atoms with Gasteiger partial charge in [0.05, 0.1) is 5.69 Å². The minimum Gasteiger partial charge on any atom is -0.369 e. The van der Waals surface area contributed by atoms with Crippen molar-refractivity contribution >= 4 is 22.4 Å². The average molecular weight is 431 g/mol. The zero-order valence-electron chi connectivity index (χ0n) is 14.8. The number of halogens is 7. The number of rotatable bonds is 3. The monoisotopic (exact) mass is 431 g/mol. The first-order valence-corrected chi connectivity index (χ1v) is 8.31. The lowest BCUT2D eigenvalue weighted by atomic mass is 9.88. The van der Waals surface area contributed by atoms with E-state index in [1.807, 2.05) is 5.32 Å². The number of hydrogen-bond donors (Lipinski definition) is 2. The molecule has 2 N–H and O–H groups in total. The summed E-state index contributed by atoms with van der Waals surface area (Å²) in [5, 5.41) is 11.9. The number of aliphatic hydroxyl groups is 1. The predicted octanol–water partition coefficient (Wildman–Crippen LogP) is 5.54. The number of alkyl halides is 6. The maximum atomic E-state index is 13.4. The number of anilines is 1. The van der Waals surface area contributed by atoms with Gasteiger partial charge in [-0.25, -0.2) is 4.39 Å². The van der Waals surface area contributed by atoms with E-state index in [1.165, 1.54) is 24.3 Å². The number of benzene rings is 3. The molecule has 30 heavy (non-hydrogen) atoms. The Balaban J connectivity index is 2.27. The molecule has 158 valence electrons. The Morgan fingerprint density at radius 2 is 1.47 bits per heavy atom. The van der Waals surface area contributed by atoms with Gasteiger partial charge in [-0.2, -0.15) is 26.3 Å². The molecule has 0 saturated carbocycles. The molecule has 0 spiro atoms. The Kier molecular flexibility index (Phi) is 5.23. The van der Waals surface area contributed by atoms with Gasteiger partial charge in [-0.05, 0) is 23.6 Å². The van der Waals surface area contributed by atoms with Gasteiger partial charge in [0.1, 0.15) is 5.82 Å². The van der Waals surface area contributed by atoms with Gasteiger partial charge in [-0.1, -0.05) is 42.5 Å². The van der Waals surface area contributed by atoms with Crippen LogP contribution < -0.4 is 5.32 Å². The second-order valence-corrected chi connectivity index (χ2v) is 6.38. The van der Waals surface area contributed by atoms with Crippen LogP contribution in [-0.2, 0) is 5.60 Å². The molecule has 3 aromatic rings. The van der Waals surface area contributed by atoms with Crippen molar-refractivity contribution in [1.29, 1.82) is 0 Å². The molecule has 3 rings (SSSR count). The number of amides is 1. The van der Waals surface area contributed by atoms with Crippen LogP contribution in [0.1, 0.15) is 15.9 Å². The number of nitrogens with one attached hydrogen (secondary N) is 1. The van der Waals surface area contributed by atoms with E-state index >= 15 is 0 Å². The Morgan fingerprint density at radius 3 is 2.07 bits per heavy atom. The van der Waals surface area contributed by atoms with Crippen molar-refractivity contribution in [3.05, 3.63) is 77.6 Å². The Morgan fingerprint density at radius 1 is 0.833 bits per heavy atom. The summed E-state index contributed by atoms with van der Waals surface area (Å²) >= 11 is 0. The second kappa shape index (κ2) is 7.28. The van der Waals surface area contributed by atoms with E-state index in [1.54, 1.807) is 0 Å². The highest BCUT2D eigenvalue weighted by Crippen LogP contribution is 2.53. The number of hydrogen-bond acceptors (Lipinski definition) is 2. The van der Waals surface area contributed by atoms with Gasteiger partial charge >= 0.3 is 12.4 Å². The standard InChI is InChI=1S/C20H12F7NO2/c21-13-6-3-5-12(10-13)17(29)28-16-14-7-2-1-4-11(14)8-9-15(16)18(30,19(22,23)24)20(25,26)27/h1-10,30H,(H,28,29). The SMILES string of the molecule is O=C(Nc1c(C(O)(C(F)(F)F)C(F)(F)F)ccc2ccccc12)c1cccc(F)c1. The Hall–Kier alpha value is -3.14.